The third-order valence-corrected chi connectivity index (χ3v) is 3.08. The Morgan fingerprint density at radius 2 is 1.95 bits per heavy atom. The van der Waals surface area contributed by atoms with Crippen LogP contribution < -0.4 is 15.4 Å². The van der Waals surface area contributed by atoms with E-state index in [1.165, 1.54) is 6.33 Å². The molecule has 0 unspecified atom stereocenters. The van der Waals surface area contributed by atoms with Gasteiger partial charge in [-0.15, -0.1) is 0 Å². The highest BCUT2D eigenvalue weighted by Crippen LogP contribution is 2.34. The van der Waals surface area contributed by atoms with Gasteiger partial charge in [0.05, 0.1) is 17.8 Å². The molecule has 0 amide bonds. The summed E-state index contributed by atoms with van der Waals surface area (Å²) in [5.74, 6) is 1.68. The fraction of sp³-hybridized carbons (Fsp3) is 0.231. The zero-order valence-corrected chi connectivity index (χ0v) is 12.6. The molecule has 1 aromatic carbocycles. The van der Waals surface area contributed by atoms with E-state index in [0.29, 0.717) is 33.1 Å². The summed E-state index contributed by atoms with van der Waals surface area (Å²) in [6.45, 7) is 2.71. The number of hydrogen-bond donors (Lipinski definition) is 2. The van der Waals surface area contributed by atoms with Crippen LogP contribution in [-0.4, -0.2) is 23.6 Å². The molecule has 0 aliphatic heterocycles. The molecule has 0 saturated heterocycles. The molecule has 5 nitrogen and oxygen atoms in total. The number of nitrogens with one attached hydrogen (secondary N) is 2. The molecule has 106 valence electrons. The van der Waals surface area contributed by atoms with Crippen molar-refractivity contribution in [2.45, 2.75) is 6.92 Å². The minimum Gasteiger partial charge on any atom is -0.490 e. The topological polar surface area (TPSA) is 59.1 Å². The van der Waals surface area contributed by atoms with E-state index in [9.17, 15) is 0 Å². The van der Waals surface area contributed by atoms with E-state index in [1.807, 2.05) is 6.92 Å². The summed E-state index contributed by atoms with van der Waals surface area (Å²) >= 11 is 12.0. The lowest BCUT2D eigenvalue weighted by Crippen LogP contribution is -2.06. The van der Waals surface area contributed by atoms with Gasteiger partial charge in [0.1, 0.15) is 6.33 Å². The van der Waals surface area contributed by atoms with Gasteiger partial charge in [0, 0.05) is 11.6 Å². The Balaban J connectivity index is 2.35. The lowest BCUT2D eigenvalue weighted by molar-refractivity contribution is 0.415. The molecule has 0 radical (unpaired) electrons. The Kier molecular flexibility index (Phi) is 4.87. The van der Waals surface area contributed by atoms with Crippen LogP contribution in [0.3, 0.4) is 0 Å². The standard InChI is InChI=1S/C13H14Cl2N4O/c1-3-16-12-11(20-2)13(18-7-17-12)19-10-5-4-8(14)6-9(10)15/h4-7H,3H2,1-2H3,(H2,16,17,18,19). The Hall–Kier alpha value is -1.72. The summed E-state index contributed by atoms with van der Waals surface area (Å²) in [5.41, 5.74) is 0.690. The first kappa shape index (κ1) is 14.7. The molecule has 2 N–H and O–H groups in total. The van der Waals surface area contributed by atoms with Crippen molar-refractivity contribution in [3.05, 3.63) is 34.6 Å². The maximum atomic E-state index is 6.13. The first-order chi connectivity index (χ1) is 9.65. The highest BCUT2D eigenvalue weighted by Gasteiger charge is 2.13. The molecule has 0 aliphatic rings. The predicted octanol–water partition coefficient (Wildman–Crippen LogP) is 3.97. The van der Waals surface area contributed by atoms with Crippen LogP contribution in [0.15, 0.2) is 24.5 Å². The first-order valence-corrected chi connectivity index (χ1v) is 6.76. The normalized spacial score (nSPS) is 10.2. The van der Waals surface area contributed by atoms with E-state index in [-0.39, 0.29) is 0 Å². The van der Waals surface area contributed by atoms with Crippen molar-refractivity contribution in [1.29, 1.82) is 0 Å². The summed E-state index contributed by atoms with van der Waals surface area (Å²) in [7, 11) is 1.56. The van der Waals surface area contributed by atoms with Crippen LogP contribution in [0.1, 0.15) is 6.92 Å². The third kappa shape index (κ3) is 3.23. The fourth-order valence-electron chi connectivity index (χ4n) is 1.67. The average Bonchev–Trinajstić information content (AvgIpc) is 2.42. The summed E-state index contributed by atoms with van der Waals surface area (Å²) < 4.78 is 5.35. The molecule has 0 atom stereocenters. The molecular weight excluding hydrogens is 299 g/mol. The molecule has 2 aromatic rings. The second kappa shape index (κ2) is 6.63. The maximum absolute atomic E-state index is 6.13. The summed E-state index contributed by atoms with van der Waals surface area (Å²) in [5, 5.41) is 7.29. The fourth-order valence-corrected chi connectivity index (χ4v) is 2.12. The second-order valence-electron chi connectivity index (χ2n) is 3.88. The van der Waals surface area contributed by atoms with Crippen LogP contribution in [0, 0.1) is 0 Å². The number of nitrogens with zero attached hydrogens (tertiary/aromatic N) is 2. The Bertz CT molecular complexity index is 607. The quantitative estimate of drug-likeness (QED) is 0.875. The Labute approximate surface area is 127 Å². The van der Waals surface area contributed by atoms with Crippen LogP contribution >= 0.6 is 23.2 Å². The van der Waals surface area contributed by atoms with Gasteiger partial charge in [-0.05, 0) is 25.1 Å². The second-order valence-corrected chi connectivity index (χ2v) is 4.73. The van der Waals surface area contributed by atoms with Crippen molar-refractivity contribution in [3.8, 4) is 5.75 Å². The summed E-state index contributed by atoms with van der Waals surface area (Å²) in [6, 6.07) is 5.18. The number of halogens is 2. The van der Waals surface area contributed by atoms with E-state index >= 15 is 0 Å². The number of anilines is 3. The van der Waals surface area contributed by atoms with E-state index in [0.717, 1.165) is 6.54 Å². The van der Waals surface area contributed by atoms with Gasteiger partial charge in [-0.3, -0.25) is 0 Å². The maximum Gasteiger partial charge on any atom is 0.204 e. The van der Waals surface area contributed by atoms with Crippen molar-refractivity contribution in [2.24, 2.45) is 0 Å². The first-order valence-electron chi connectivity index (χ1n) is 6.00. The van der Waals surface area contributed by atoms with Gasteiger partial charge < -0.3 is 15.4 Å². The van der Waals surface area contributed by atoms with Crippen LogP contribution in [0.2, 0.25) is 10.0 Å². The SMILES string of the molecule is CCNc1ncnc(Nc2ccc(Cl)cc2Cl)c1OC. The van der Waals surface area contributed by atoms with Gasteiger partial charge in [-0.2, -0.15) is 0 Å². The Morgan fingerprint density at radius 3 is 2.60 bits per heavy atom. The van der Waals surface area contributed by atoms with Crippen molar-refractivity contribution >= 4 is 40.5 Å². The largest absolute Gasteiger partial charge is 0.490 e. The van der Waals surface area contributed by atoms with Gasteiger partial charge in [0.15, 0.2) is 11.6 Å². The number of hydrogen-bond acceptors (Lipinski definition) is 5. The van der Waals surface area contributed by atoms with E-state index in [1.54, 1.807) is 25.3 Å². The van der Waals surface area contributed by atoms with Crippen LogP contribution in [-0.2, 0) is 0 Å². The predicted molar refractivity (Wildman–Crippen MR) is 82.5 cm³/mol. The lowest BCUT2D eigenvalue weighted by Gasteiger charge is -2.14. The van der Waals surface area contributed by atoms with Gasteiger partial charge in [0.2, 0.25) is 5.75 Å². The van der Waals surface area contributed by atoms with Crippen molar-refractivity contribution < 1.29 is 4.74 Å². The van der Waals surface area contributed by atoms with Crippen LogP contribution in [0.4, 0.5) is 17.3 Å². The molecular formula is C13H14Cl2N4O. The van der Waals surface area contributed by atoms with Crippen molar-refractivity contribution in [1.82, 2.24) is 9.97 Å². The van der Waals surface area contributed by atoms with Gasteiger partial charge in [-0.1, -0.05) is 23.2 Å². The zero-order chi connectivity index (χ0) is 14.5. The molecule has 0 saturated carbocycles. The van der Waals surface area contributed by atoms with Gasteiger partial charge in [-0.25, -0.2) is 9.97 Å². The lowest BCUT2D eigenvalue weighted by atomic mass is 10.3. The van der Waals surface area contributed by atoms with E-state index in [2.05, 4.69) is 20.6 Å². The number of ether oxygens (including phenoxy) is 1. The minimum absolute atomic E-state index is 0.503. The Morgan fingerprint density at radius 1 is 1.20 bits per heavy atom. The van der Waals surface area contributed by atoms with Crippen molar-refractivity contribution in [3.63, 3.8) is 0 Å². The number of rotatable bonds is 5. The monoisotopic (exact) mass is 312 g/mol. The van der Waals surface area contributed by atoms with Crippen LogP contribution in [0.5, 0.6) is 5.75 Å². The minimum atomic E-state index is 0.503. The van der Waals surface area contributed by atoms with Gasteiger partial charge >= 0.3 is 0 Å². The molecule has 0 fully saturated rings. The molecule has 2 rings (SSSR count). The average molecular weight is 313 g/mol. The molecule has 1 heterocycles. The third-order valence-electron chi connectivity index (χ3n) is 2.54. The van der Waals surface area contributed by atoms with E-state index < -0.39 is 0 Å². The molecule has 1 aromatic heterocycles. The summed E-state index contributed by atoms with van der Waals surface area (Å²) in [6.07, 6.45) is 1.45. The highest BCUT2D eigenvalue weighted by molar-refractivity contribution is 6.36. The molecule has 20 heavy (non-hydrogen) atoms. The molecule has 0 aliphatic carbocycles. The molecule has 0 bridgehead atoms. The molecule has 7 heteroatoms. The van der Waals surface area contributed by atoms with E-state index in [4.69, 9.17) is 27.9 Å². The number of aromatic nitrogens is 2. The summed E-state index contributed by atoms with van der Waals surface area (Å²) in [4.78, 5) is 8.31. The number of benzene rings is 1. The zero-order valence-electron chi connectivity index (χ0n) is 11.1. The highest BCUT2D eigenvalue weighted by atomic mass is 35.5. The van der Waals surface area contributed by atoms with Crippen molar-refractivity contribution in [2.75, 3.05) is 24.3 Å². The molecule has 0 spiro atoms. The smallest absolute Gasteiger partial charge is 0.204 e. The van der Waals surface area contributed by atoms with Gasteiger partial charge in [0.25, 0.3) is 0 Å². The van der Waals surface area contributed by atoms with Crippen LogP contribution in [0.25, 0.3) is 0 Å². The number of methoxy groups -OCH3 is 1.